The van der Waals surface area contributed by atoms with Gasteiger partial charge in [0.25, 0.3) is 5.91 Å². The molecule has 0 aromatic carbocycles. The summed E-state index contributed by atoms with van der Waals surface area (Å²) < 4.78 is 1.48. The summed E-state index contributed by atoms with van der Waals surface area (Å²) in [7, 11) is 1.71. The number of thiophene rings is 1. The first-order valence-corrected chi connectivity index (χ1v) is 6.62. The second kappa shape index (κ2) is 5.22. The fraction of sp³-hybridized carbons (Fsp3) is 0.333. The van der Waals surface area contributed by atoms with E-state index in [9.17, 15) is 4.79 Å². The van der Waals surface area contributed by atoms with Crippen LogP contribution in [0.4, 0.5) is 5.82 Å². The van der Waals surface area contributed by atoms with Crippen LogP contribution < -0.4 is 11.1 Å². The molecule has 0 aliphatic rings. The fourth-order valence-electron chi connectivity index (χ4n) is 1.71. The Morgan fingerprint density at radius 1 is 1.61 bits per heavy atom. The van der Waals surface area contributed by atoms with E-state index in [-0.39, 0.29) is 5.91 Å². The van der Waals surface area contributed by atoms with Gasteiger partial charge in [-0.25, -0.2) is 0 Å². The van der Waals surface area contributed by atoms with Gasteiger partial charge in [0.05, 0.1) is 12.7 Å². The number of rotatable bonds is 4. The molecule has 1 amide bonds. The second-order valence-corrected chi connectivity index (χ2v) is 4.97. The van der Waals surface area contributed by atoms with Crippen molar-refractivity contribution in [3.05, 3.63) is 33.6 Å². The van der Waals surface area contributed by atoms with Gasteiger partial charge in [-0.1, -0.05) is 6.92 Å². The van der Waals surface area contributed by atoms with E-state index in [2.05, 4.69) is 23.4 Å². The molecular formula is C12H16N4OS. The van der Waals surface area contributed by atoms with Crippen LogP contribution in [0.25, 0.3) is 0 Å². The number of aryl methyl sites for hydroxylation is 2. The largest absolute Gasteiger partial charge is 0.383 e. The van der Waals surface area contributed by atoms with E-state index >= 15 is 0 Å². The number of hydrogen-bond acceptors (Lipinski definition) is 4. The van der Waals surface area contributed by atoms with Crippen molar-refractivity contribution in [1.29, 1.82) is 0 Å². The summed E-state index contributed by atoms with van der Waals surface area (Å²) in [6.45, 7) is 2.64. The normalized spacial score (nSPS) is 10.6. The van der Waals surface area contributed by atoms with Crippen LogP contribution in [0.15, 0.2) is 17.6 Å². The standard InChI is InChI=1S/C12H16N4OS/c1-3-8-4-5-18-10(8)7-14-12(17)9-6-15-16(2)11(9)13/h4-6H,3,7,13H2,1-2H3,(H,14,17). The van der Waals surface area contributed by atoms with Crippen molar-refractivity contribution in [2.75, 3.05) is 5.73 Å². The molecule has 0 fully saturated rings. The van der Waals surface area contributed by atoms with E-state index < -0.39 is 0 Å². The van der Waals surface area contributed by atoms with Crippen LogP contribution in [0.5, 0.6) is 0 Å². The highest BCUT2D eigenvalue weighted by molar-refractivity contribution is 7.10. The number of nitrogen functional groups attached to an aromatic ring is 1. The predicted molar refractivity (Wildman–Crippen MR) is 72.5 cm³/mol. The molecule has 18 heavy (non-hydrogen) atoms. The first-order chi connectivity index (χ1) is 8.63. The molecule has 5 nitrogen and oxygen atoms in total. The fourth-order valence-corrected chi connectivity index (χ4v) is 2.63. The summed E-state index contributed by atoms with van der Waals surface area (Å²) in [5.74, 6) is 0.199. The van der Waals surface area contributed by atoms with Crippen molar-refractivity contribution in [1.82, 2.24) is 15.1 Å². The number of anilines is 1. The van der Waals surface area contributed by atoms with E-state index in [0.717, 1.165) is 6.42 Å². The average molecular weight is 264 g/mol. The molecule has 0 unspecified atom stereocenters. The SMILES string of the molecule is CCc1ccsc1CNC(=O)c1cnn(C)c1N. The average Bonchev–Trinajstić information content (AvgIpc) is 2.94. The van der Waals surface area contributed by atoms with Gasteiger partial charge in [0, 0.05) is 11.9 Å². The summed E-state index contributed by atoms with van der Waals surface area (Å²) in [5.41, 5.74) is 7.45. The number of amides is 1. The molecule has 2 heterocycles. The lowest BCUT2D eigenvalue weighted by Gasteiger charge is -2.05. The zero-order valence-corrected chi connectivity index (χ0v) is 11.3. The Bertz CT molecular complexity index is 558. The van der Waals surface area contributed by atoms with Gasteiger partial charge in [-0.15, -0.1) is 11.3 Å². The first kappa shape index (κ1) is 12.6. The molecule has 2 aromatic rings. The first-order valence-electron chi connectivity index (χ1n) is 5.74. The third-order valence-corrected chi connectivity index (χ3v) is 3.82. The molecule has 6 heteroatoms. The molecule has 0 spiro atoms. The van der Waals surface area contributed by atoms with E-state index in [4.69, 9.17) is 5.73 Å². The molecule has 0 aliphatic carbocycles. The van der Waals surface area contributed by atoms with Gasteiger partial charge in [0.1, 0.15) is 11.4 Å². The molecule has 0 saturated carbocycles. The minimum atomic E-state index is -0.184. The quantitative estimate of drug-likeness (QED) is 0.880. The van der Waals surface area contributed by atoms with E-state index in [1.54, 1.807) is 18.4 Å². The van der Waals surface area contributed by atoms with Gasteiger partial charge in [-0.05, 0) is 23.4 Å². The van der Waals surface area contributed by atoms with Crippen LogP contribution >= 0.6 is 11.3 Å². The van der Waals surface area contributed by atoms with E-state index in [1.165, 1.54) is 21.3 Å². The zero-order valence-electron chi connectivity index (χ0n) is 10.4. The number of carbonyl (C=O) groups excluding carboxylic acids is 1. The Hall–Kier alpha value is -1.82. The zero-order chi connectivity index (χ0) is 13.1. The number of hydrogen-bond donors (Lipinski definition) is 2. The number of nitrogens with one attached hydrogen (secondary N) is 1. The van der Waals surface area contributed by atoms with Crippen molar-refractivity contribution in [3.63, 3.8) is 0 Å². The monoisotopic (exact) mass is 264 g/mol. The van der Waals surface area contributed by atoms with Gasteiger partial charge in [0.2, 0.25) is 0 Å². The van der Waals surface area contributed by atoms with Crippen LogP contribution in [0.3, 0.4) is 0 Å². The molecule has 2 rings (SSSR count). The highest BCUT2D eigenvalue weighted by Gasteiger charge is 2.13. The van der Waals surface area contributed by atoms with E-state index in [0.29, 0.717) is 17.9 Å². The van der Waals surface area contributed by atoms with Gasteiger partial charge in [-0.3, -0.25) is 9.48 Å². The summed E-state index contributed by atoms with van der Waals surface area (Å²) in [4.78, 5) is 13.1. The van der Waals surface area contributed by atoms with Gasteiger partial charge < -0.3 is 11.1 Å². The highest BCUT2D eigenvalue weighted by atomic mass is 32.1. The molecule has 0 radical (unpaired) electrons. The lowest BCUT2D eigenvalue weighted by Crippen LogP contribution is -2.23. The third-order valence-electron chi connectivity index (χ3n) is 2.86. The van der Waals surface area contributed by atoms with Gasteiger partial charge >= 0.3 is 0 Å². The number of nitrogens with zero attached hydrogens (tertiary/aromatic N) is 2. The Kier molecular flexibility index (Phi) is 3.66. The Morgan fingerprint density at radius 2 is 2.39 bits per heavy atom. The van der Waals surface area contributed by atoms with Gasteiger partial charge in [0.15, 0.2) is 0 Å². The lowest BCUT2D eigenvalue weighted by molar-refractivity contribution is 0.0952. The minimum Gasteiger partial charge on any atom is -0.383 e. The van der Waals surface area contributed by atoms with Crippen molar-refractivity contribution in [3.8, 4) is 0 Å². The maximum atomic E-state index is 11.9. The molecule has 0 aliphatic heterocycles. The van der Waals surface area contributed by atoms with Crippen LogP contribution in [0.1, 0.15) is 27.7 Å². The van der Waals surface area contributed by atoms with Crippen molar-refractivity contribution in [2.24, 2.45) is 7.05 Å². The predicted octanol–water partition coefficient (Wildman–Crippen LogP) is 1.56. The maximum Gasteiger partial charge on any atom is 0.256 e. The van der Waals surface area contributed by atoms with Crippen LogP contribution in [0, 0.1) is 0 Å². The van der Waals surface area contributed by atoms with Crippen molar-refractivity contribution in [2.45, 2.75) is 19.9 Å². The van der Waals surface area contributed by atoms with Crippen LogP contribution in [-0.4, -0.2) is 15.7 Å². The maximum absolute atomic E-state index is 11.9. The molecule has 3 N–H and O–H groups in total. The van der Waals surface area contributed by atoms with Crippen molar-refractivity contribution < 1.29 is 4.79 Å². The van der Waals surface area contributed by atoms with Crippen LogP contribution in [-0.2, 0) is 20.0 Å². The molecular weight excluding hydrogens is 248 g/mol. The van der Waals surface area contributed by atoms with Gasteiger partial charge in [-0.2, -0.15) is 5.10 Å². The van der Waals surface area contributed by atoms with E-state index in [1.807, 2.05) is 5.38 Å². The number of nitrogens with two attached hydrogens (primary N) is 1. The summed E-state index contributed by atoms with van der Waals surface area (Å²) in [5, 5.41) is 8.86. The van der Waals surface area contributed by atoms with Crippen molar-refractivity contribution >= 4 is 23.1 Å². The van der Waals surface area contributed by atoms with Crippen LogP contribution in [0.2, 0.25) is 0 Å². The Balaban J connectivity index is 2.03. The Morgan fingerprint density at radius 3 is 3.00 bits per heavy atom. The topological polar surface area (TPSA) is 72.9 Å². The highest BCUT2D eigenvalue weighted by Crippen LogP contribution is 2.17. The lowest BCUT2D eigenvalue weighted by atomic mass is 10.2. The summed E-state index contributed by atoms with van der Waals surface area (Å²) >= 11 is 1.65. The minimum absolute atomic E-state index is 0.184. The molecule has 96 valence electrons. The smallest absolute Gasteiger partial charge is 0.256 e. The second-order valence-electron chi connectivity index (χ2n) is 3.97. The molecule has 0 saturated heterocycles. The molecule has 2 aromatic heterocycles. The third kappa shape index (κ3) is 2.38. The summed E-state index contributed by atoms with van der Waals surface area (Å²) in [6, 6.07) is 2.09. The molecule has 0 bridgehead atoms. The number of carbonyl (C=O) groups is 1. The number of aromatic nitrogens is 2. The summed E-state index contributed by atoms with van der Waals surface area (Å²) in [6.07, 6.45) is 2.46. The molecule has 0 atom stereocenters. The Labute approximate surface area is 110 Å².